The molecular weight excluding hydrogens is 334 g/mol. The van der Waals surface area contributed by atoms with E-state index in [2.05, 4.69) is 5.32 Å². The van der Waals surface area contributed by atoms with E-state index in [1.807, 2.05) is 0 Å². The van der Waals surface area contributed by atoms with Crippen LogP contribution in [0.4, 0.5) is 22.4 Å². The summed E-state index contributed by atoms with van der Waals surface area (Å²) in [6.45, 7) is 4.73. The number of carboxylic acid groups (broad SMARTS) is 1. The van der Waals surface area contributed by atoms with Crippen molar-refractivity contribution in [3.63, 3.8) is 0 Å². The van der Waals surface area contributed by atoms with Gasteiger partial charge in [0.1, 0.15) is 17.5 Å². The summed E-state index contributed by atoms with van der Waals surface area (Å²) in [5.74, 6) is -2.94. The minimum absolute atomic E-state index is 0.0102. The van der Waals surface area contributed by atoms with Crippen LogP contribution in [0.5, 0.6) is 0 Å². The number of hydrogen-bond donors (Lipinski definition) is 2. The molecule has 0 aliphatic rings. The second-order valence-electron chi connectivity index (χ2n) is 6.05. The zero-order chi connectivity index (χ0) is 18.7. The van der Waals surface area contributed by atoms with Crippen LogP contribution in [0.25, 0.3) is 0 Å². The molecule has 0 aromatic heterocycles. The number of carbonyl (C=O) groups is 2. The number of rotatable bonds is 4. The Kier molecular flexibility index (Phi) is 5.80. The highest BCUT2D eigenvalue weighted by molar-refractivity contribution is 5.80. The molecule has 0 radical (unpaired) electrons. The van der Waals surface area contributed by atoms with Crippen molar-refractivity contribution in [3.05, 3.63) is 35.1 Å². The highest BCUT2D eigenvalue weighted by Crippen LogP contribution is 2.31. The Hall–Kier alpha value is -2.32. The molecule has 1 atom stereocenters. The second-order valence-corrected chi connectivity index (χ2v) is 6.05. The van der Waals surface area contributed by atoms with Gasteiger partial charge in [0.25, 0.3) is 0 Å². The number of hydrogen-bond acceptors (Lipinski definition) is 3. The van der Waals surface area contributed by atoms with Gasteiger partial charge in [-0.3, -0.25) is 0 Å². The predicted molar refractivity (Wildman–Crippen MR) is 75.9 cm³/mol. The van der Waals surface area contributed by atoms with Gasteiger partial charge in [0.05, 0.1) is 5.56 Å². The molecule has 1 amide bonds. The molecule has 1 rings (SSSR count). The monoisotopic (exact) mass is 351 g/mol. The number of carbonyl (C=O) groups excluding carboxylic acids is 1. The van der Waals surface area contributed by atoms with Crippen molar-refractivity contribution < 1.29 is 37.0 Å². The lowest BCUT2D eigenvalue weighted by molar-refractivity contribution is -0.140. The maximum absolute atomic E-state index is 13.5. The van der Waals surface area contributed by atoms with E-state index >= 15 is 0 Å². The molecule has 0 aliphatic heterocycles. The van der Waals surface area contributed by atoms with Crippen LogP contribution in [-0.2, 0) is 22.1 Å². The molecule has 0 spiro atoms. The van der Waals surface area contributed by atoms with Gasteiger partial charge in [0.15, 0.2) is 0 Å². The Morgan fingerprint density at radius 3 is 2.25 bits per heavy atom. The molecule has 0 aliphatic carbocycles. The average molecular weight is 351 g/mol. The topological polar surface area (TPSA) is 75.6 Å². The number of ether oxygens (including phenoxy) is 1. The van der Waals surface area contributed by atoms with Gasteiger partial charge in [-0.2, -0.15) is 13.2 Å². The third kappa shape index (κ3) is 6.05. The highest BCUT2D eigenvalue weighted by Gasteiger charge is 2.34. The third-order valence-corrected chi connectivity index (χ3v) is 2.77. The molecule has 1 aromatic carbocycles. The summed E-state index contributed by atoms with van der Waals surface area (Å²) >= 11 is 0. The number of aliphatic carboxylic acids is 1. The molecule has 134 valence electrons. The van der Waals surface area contributed by atoms with E-state index in [1.165, 1.54) is 0 Å². The van der Waals surface area contributed by atoms with Gasteiger partial charge in [0.2, 0.25) is 0 Å². The molecule has 2 N–H and O–H groups in total. The van der Waals surface area contributed by atoms with Crippen LogP contribution in [0.2, 0.25) is 0 Å². The number of amides is 1. The number of nitrogens with one attached hydrogen (secondary N) is 1. The molecule has 9 heteroatoms. The molecule has 1 aromatic rings. The first-order valence-corrected chi connectivity index (χ1v) is 6.87. The molecule has 5 nitrogen and oxygen atoms in total. The Bertz CT molecular complexity index is 623. The molecule has 0 saturated heterocycles. The Labute approximate surface area is 135 Å². The summed E-state index contributed by atoms with van der Waals surface area (Å²) < 4.78 is 55.9. The minimum atomic E-state index is -4.84. The van der Waals surface area contributed by atoms with Gasteiger partial charge in [-0.15, -0.1) is 0 Å². The quantitative estimate of drug-likeness (QED) is 0.816. The average Bonchev–Trinajstić information content (AvgIpc) is 2.33. The van der Waals surface area contributed by atoms with Gasteiger partial charge in [0, 0.05) is 6.42 Å². The standard InChI is InChI=1S/C15H17F4NO4/c1-14(2,3)24-13(23)20-11(12(21)22)7-8-4-5-9(10(16)6-8)15(17,18)19/h4-6,11H,7H2,1-3H3,(H,20,23)(H,21,22)/t11-/m0/s1. The Morgan fingerprint density at radius 1 is 1.25 bits per heavy atom. The first kappa shape index (κ1) is 19.7. The fraction of sp³-hybridized carbons (Fsp3) is 0.467. The molecule has 0 fully saturated rings. The lowest BCUT2D eigenvalue weighted by Crippen LogP contribution is -2.44. The van der Waals surface area contributed by atoms with Crippen molar-refractivity contribution in [1.82, 2.24) is 5.32 Å². The van der Waals surface area contributed by atoms with Crippen LogP contribution < -0.4 is 5.32 Å². The van der Waals surface area contributed by atoms with Crippen LogP contribution in [0, 0.1) is 5.82 Å². The van der Waals surface area contributed by atoms with Crippen LogP contribution in [0.15, 0.2) is 18.2 Å². The molecule has 0 bridgehead atoms. The Balaban J connectivity index is 2.88. The van der Waals surface area contributed by atoms with E-state index in [4.69, 9.17) is 9.84 Å². The van der Waals surface area contributed by atoms with Gasteiger partial charge >= 0.3 is 18.2 Å². The first-order valence-electron chi connectivity index (χ1n) is 6.87. The van der Waals surface area contributed by atoms with Crippen molar-refractivity contribution >= 4 is 12.1 Å². The summed E-state index contributed by atoms with van der Waals surface area (Å²) in [7, 11) is 0. The van der Waals surface area contributed by atoms with Crippen molar-refractivity contribution in [2.24, 2.45) is 0 Å². The van der Waals surface area contributed by atoms with E-state index < -0.39 is 47.7 Å². The van der Waals surface area contributed by atoms with E-state index in [-0.39, 0.29) is 5.56 Å². The summed E-state index contributed by atoms with van der Waals surface area (Å²) in [6.07, 6.45) is -6.24. The Morgan fingerprint density at radius 2 is 1.83 bits per heavy atom. The number of halogens is 4. The van der Waals surface area contributed by atoms with Crippen LogP contribution in [0.3, 0.4) is 0 Å². The lowest BCUT2D eigenvalue weighted by Gasteiger charge is -2.22. The van der Waals surface area contributed by atoms with E-state index in [0.717, 1.165) is 6.07 Å². The maximum Gasteiger partial charge on any atom is 0.419 e. The van der Waals surface area contributed by atoms with Crippen LogP contribution in [-0.4, -0.2) is 28.8 Å². The van der Waals surface area contributed by atoms with E-state index in [0.29, 0.717) is 12.1 Å². The van der Waals surface area contributed by atoms with Crippen LogP contribution in [0.1, 0.15) is 31.9 Å². The van der Waals surface area contributed by atoms with Gasteiger partial charge < -0.3 is 15.2 Å². The van der Waals surface area contributed by atoms with Gasteiger partial charge in [-0.05, 0) is 38.5 Å². The minimum Gasteiger partial charge on any atom is -0.480 e. The maximum atomic E-state index is 13.5. The molecule has 0 heterocycles. The normalized spacial score (nSPS) is 13.3. The highest BCUT2D eigenvalue weighted by atomic mass is 19.4. The number of benzene rings is 1. The first-order chi connectivity index (χ1) is 10.8. The largest absolute Gasteiger partial charge is 0.480 e. The van der Waals surface area contributed by atoms with Crippen molar-refractivity contribution in [2.75, 3.05) is 0 Å². The zero-order valence-electron chi connectivity index (χ0n) is 13.2. The van der Waals surface area contributed by atoms with E-state index in [9.17, 15) is 27.2 Å². The van der Waals surface area contributed by atoms with Crippen molar-refractivity contribution in [1.29, 1.82) is 0 Å². The summed E-state index contributed by atoms with van der Waals surface area (Å²) in [6, 6.07) is 0.599. The molecule has 24 heavy (non-hydrogen) atoms. The zero-order valence-corrected chi connectivity index (χ0v) is 13.2. The fourth-order valence-corrected chi connectivity index (χ4v) is 1.80. The SMILES string of the molecule is CC(C)(C)OC(=O)N[C@@H](Cc1ccc(C(F)(F)F)c(F)c1)C(=O)O. The molecule has 0 saturated carbocycles. The molecule has 0 unspecified atom stereocenters. The van der Waals surface area contributed by atoms with Crippen LogP contribution >= 0.6 is 0 Å². The third-order valence-electron chi connectivity index (χ3n) is 2.77. The number of carboxylic acids is 1. The fourth-order valence-electron chi connectivity index (χ4n) is 1.80. The summed E-state index contributed by atoms with van der Waals surface area (Å²) in [5.41, 5.74) is -2.31. The van der Waals surface area contributed by atoms with Gasteiger partial charge in [-0.1, -0.05) is 6.07 Å². The lowest BCUT2D eigenvalue weighted by atomic mass is 10.0. The van der Waals surface area contributed by atoms with Gasteiger partial charge in [-0.25, -0.2) is 14.0 Å². The smallest absolute Gasteiger partial charge is 0.419 e. The molecular formula is C15H17F4NO4. The summed E-state index contributed by atoms with van der Waals surface area (Å²) in [4.78, 5) is 22.8. The number of alkyl carbamates (subject to hydrolysis) is 1. The van der Waals surface area contributed by atoms with E-state index in [1.54, 1.807) is 20.8 Å². The number of alkyl halides is 3. The van der Waals surface area contributed by atoms with Crippen molar-refractivity contribution in [3.8, 4) is 0 Å². The summed E-state index contributed by atoms with van der Waals surface area (Å²) in [5, 5.41) is 11.2. The second kappa shape index (κ2) is 7.06. The predicted octanol–water partition coefficient (Wildman–Crippen LogP) is 3.36. The van der Waals surface area contributed by atoms with Crippen molar-refractivity contribution in [2.45, 2.75) is 45.0 Å².